The molecular formula is C34H37N3O5S. The molecule has 0 fully saturated rings. The highest BCUT2D eigenvalue weighted by atomic mass is 32.2. The fraction of sp³-hybridized carbons (Fsp3) is 0.235. The standard InChI is InChI=1S/C34H37N3O5S/c1-25(2)35-34(39)27(4)36(23-28-13-11-12-26(3)22-28)33(38)24-37(43(40,41)32-16-9-6-10-17-32)29-18-20-31(21-19-29)42-30-14-7-5-8-15-30/h5-22,25,27H,23-24H2,1-4H3,(H,35,39)/t27-/m0/s1. The van der Waals surface area contributed by atoms with Gasteiger partial charge in [-0.3, -0.25) is 13.9 Å². The van der Waals surface area contributed by atoms with E-state index in [9.17, 15) is 18.0 Å². The number of anilines is 1. The number of nitrogens with zero attached hydrogens (tertiary/aromatic N) is 2. The molecule has 1 N–H and O–H groups in total. The second-order valence-electron chi connectivity index (χ2n) is 10.6. The molecule has 0 radical (unpaired) electrons. The van der Waals surface area contributed by atoms with E-state index in [1.54, 1.807) is 49.4 Å². The van der Waals surface area contributed by atoms with E-state index in [1.807, 2.05) is 75.4 Å². The van der Waals surface area contributed by atoms with Crippen molar-refractivity contribution in [2.45, 2.75) is 51.2 Å². The van der Waals surface area contributed by atoms with Crippen molar-refractivity contribution in [3.63, 3.8) is 0 Å². The van der Waals surface area contributed by atoms with Crippen molar-refractivity contribution >= 4 is 27.5 Å². The van der Waals surface area contributed by atoms with Crippen molar-refractivity contribution < 1.29 is 22.7 Å². The first kappa shape index (κ1) is 31.3. The Morgan fingerprint density at radius 1 is 0.791 bits per heavy atom. The van der Waals surface area contributed by atoms with E-state index < -0.39 is 28.5 Å². The van der Waals surface area contributed by atoms with E-state index in [0.29, 0.717) is 11.5 Å². The molecule has 0 aromatic heterocycles. The Morgan fingerprint density at radius 2 is 1.40 bits per heavy atom. The van der Waals surface area contributed by atoms with Crippen LogP contribution in [0.3, 0.4) is 0 Å². The zero-order chi connectivity index (χ0) is 31.0. The lowest BCUT2D eigenvalue weighted by Crippen LogP contribution is -2.52. The first-order chi connectivity index (χ1) is 20.5. The largest absolute Gasteiger partial charge is 0.457 e. The maximum Gasteiger partial charge on any atom is 0.264 e. The van der Waals surface area contributed by atoms with Crippen molar-refractivity contribution in [3.05, 3.63) is 120 Å². The maximum atomic E-state index is 14.0. The van der Waals surface area contributed by atoms with Gasteiger partial charge in [0.1, 0.15) is 24.1 Å². The smallest absolute Gasteiger partial charge is 0.264 e. The van der Waals surface area contributed by atoms with Gasteiger partial charge < -0.3 is 15.0 Å². The quantitative estimate of drug-likeness (QED) is 0.218. The van der Waals surface area contributed by atoms with Gasteiger partial charge in [-0.15, -0.1) is 0 Å². The number of rotatable bonds is 12. The Labute approximate surface area is 254 Å². The lowest BCUT2D eigenvalue weighted by molar-refractivity contribution is -0.139. The monoisotopic (exact) mass is 599 g/mol. The molecule has 8 nitrogen and oxygen atoms in total. The number of sulfonamides is 1. The number of amides is 2. The van der Waals surface area contributed by atoms with Gasteiger partial charge in [0.05, 0.1) is 10.6 Å². The fourth-order valence-corrected chi connectivity index (χ4v) is 5.98. The average Bonchev–Trinajstić information content (AvgIpc) is 2.99. The predicted octanol–water partition coefficient (Wildman–Crippen LogP) is 5.92. The summed E-state index contributed by atoms with van der Waals surface area (Å²) in [4.78, 5) is 28.6. The summed E-state index contributed by atoms with van der Waals surface area (Å²) < 4.78 is 34.9. The molecule has 0 spiro atoms. The lowest BCUT2D eigenvalue weighted by Gasteiger charge is -2.32. The molecule has 0 saturated carbocycles. The molecule has 9 heteroatoms. The van der Waals surface area contributed by atoms with Crippen molar-refractivity contribution in [1.82, 2.24) is 10.2 Å². The van der Waals surface area contributed by atoms with E-state index >= 15 is 0 Å². The van der Waals surface area contributed by atoms with Gasteiger partial charge in [0.2, 0.25) is 11.8 Å². The molecule has 2 amide bonds. The number of aryl methyl sites for hydroxylation is 1. The van der Waals surface area contributed by atoms with Crippen molar-refractivity contribution in [3.8, 4) is 11.5 Å². The first-order valence-corrected chi connectivity index (χ1v) is 15.5. The third kappa shape index (κ3) is 8.23. The number of nitrogens with one attached hydrogen (secondary N) is 1. The SMILES string of the molecule is Cc1cccc(CN(C(=O)CN(c2ccc(Oc3ccccc3)cc2)S(=O)(=O)c2ccccc2)[C@@H](C)C(=O)NC(C)C)c1. The number of ether oxygens (including phenoxy) is 1. The minimum absolute atomic E-state index is 0.0447. The molecule has 0 saturated heterocycles. The normalized spacial score (nSPS) is 11.9. The van der Waals surface area contributed by atoms with Gasteiger partial charge in [-0.25, -0.2) is 8.42 Å². The topological polar surface area (TPSA) is 96.0 Å². The van der Waals surface area contributed by atoms with E-state index in [4.69, 9.17) is 4.74 Å². The second kappa shape index (κ2) is 14.0. The molecule has 0 aliphatic rings. The summed E-state index contributed by atoms with van der Waals surface area (Å²) in [6.45, 7) is 6.91. The maximum absolute atomic E-state index is 14.0. The molecule has 1 atom stereocenters. The van der Waals surface area contributed by atoms with Crippen LogP contribution in [-0.2, 0) is 26.2 Å². The number of carbonyl (C=O) groups excluding carboxylic acids is 2. The number of hydrogen-bond donors (Lipinski definition) is 1. The van der Waals surface area contributed by atoms with E-state index in [1.165, 1.54) is 17.0 Å². The second-order valence-corrected chi connectivity index (χ2v) is 12.4. The molecule has 0 aliphatic carbocycles. The van der Waals surface area contributed by atoms with Crippen LogP contribution in [0.25, 0.3) is 0 Å². The Bertz CT molecular complexity index is 1630. The molecule has 224 valence electrons. The van der Waals surface area contributed by atoms with Crippen molar-refractivity contribution in [2.75, 3.05) is 10.8 Å². The summed E-state index contributed by atoms with van der Waals surface area (Å²) in [5, 5.41) is 2.86. The van der Waals surface area contributed by atoms with Crippen LogP contribution in [0.15, 0.2) is 114 Å². The van der Waals surface area contributed by atoms with E-state index in [2.05, 4.69) is 5.32 Å². The Morgan fingerprint density at radius 3 is 2.00 bits per heavy atom. The third-order valence-corrected chi connectivity index (χ3v) is 8.54. The van der Waals surface area contributed by atoms with Gasteiger partial charge in [-0.05, 0) is 81.8 Å². The summed E-state index contributed by atoms with van der Waals surface area (Å²) in [7, 11) is -4.15. The minimum atomic E-state index is -4.15. The molecular weight excluding hydrogens is 562 g/mol. The van der Waals surface area contributed by atoms with Crippen LogP contribution in [0.4, 0.5) is 5.69 Å². The highest BCUT2D eigenvalue weighted by Crippen LogP contribution is 2.28. The van der Waals surface area contributed by atoms with Crippen LogP contribution in [0.5, 0.6) is 11.5 Å². The van der Waals surface area contributed by atoms with Gasteiger partial charge in [-0.2, -0.15) is 0 Å². The molecule has 0 heterocycles. The first-order valence-electron chi connectivity index (χ1n) is 14.1. The average molecular weight is 600 g/mol. The van der Waals surface area contributed by atoms with Crippen LogP contribution in [0.1, 0.15) is 31.9 Å². The van der Waals surface area contributed by atoms with Crippen LogP contribution in [-0.4, -0.2) is 43.8 Å². The number of carbonyl (C=O) groups is 2. The summed E-state index contributed by atoms with van der Waals surface area (Å²) in [6.07, 6.45) is 0. The summed E-state index contributed by atoms with van der Waals surface area (Å²) in [5.41, 5.74) is 2.13. The summed E-state index contributed by atoms with van der Waals surface area (Å²) in [5.74, 6) is 0.311. The van der Waals surface area contributed by atoms with Gasteiger partial charge in [0, 0.05) is 12.6 Å². The third-order valence-electron chi connectivity index (χ3n) is 6.75. The van der Waals surface area contributed by atoms with Crippen LogP contribution in [0, 0.1) is 6.92 Å². The molecule has 4 aromatic rings. The van der Waals surface area contributed by atoms with Gasteiger partial charge >= 0.3 is 0 Å². The van der Waals surface area contributed by atoms with Crippen LogP contribution < -0.4 is 14.4 Å². The minimum Gasteiger partial charge on any atom is -0.457 e. The van der Waals surface area contributed by atoms with Crippen molar-refractivity contribution in [1.29, 1.82) is 0 Å². The fourth-order valence-electron chi connectivity index (χ4n) is 4.55. The Balaban J connectivity index is 1.69. The zero-order valence-electron chi connectivity index (χ0n) is 24.8. The van der Waals surface area contributed by atoms with E-state index in [-0.39, 0.29) is 29.1 Å². The summed E-state index contributed by atoms with van der Waals surface area (Å²) in [6, 6.07) is 30.4. The van der Waals surface area contributed by atoms with Crippen LogP contribution in [0.2, 0.25) is 0 Å². The highest BCUT2D eigenvalue weighted by molar-refractivity contribution is 7.92. The Hall–Kier alpha value is -4.63. The summed E-state index contributed by atoms with van der Waals surface area (Å²) >= 11 is 0. The number of hydrogen-bond acceptors (Lipinski definition) is 5. The van der Waals surface area contributed by atoms with Crippen molar-refractivity contribution in [2.24, 2.45) is 0 Å². The predicted molar refractivity (Wildman–Crippen MR) is 168 cm³/mol. The van der Waals surface area contributed by atoms with Gasteiger partial charge in [0.25, 0.3) is 10.0 Å². The van der Waals surface area contributed by atoms with Crippen LogP contribution >= 0.6 is 0 Å². The lowest BCUT2D eigenvalue weighted by atomic mass is 10.1. The van der Waals surface area contributed by atoms with Gasteiger partial charge in [-0.1, -0.05) is 66.2 Å². The highest BCUT2D eigenvalue weighted by Gasteiger charge is 2.32. The molecule has 43 heavy (non-hydrogen) atoms. The number of benzene rings is 4. The van der Waals surface area contributed by atoms with E-state index in [0.717, 1.165) is 15.4 Å². The molecule has 0 bridgehead atoms. The molecule has 0 unspecified atom stereocenters. The molecule has 4 aromatic carbocycles. The Kier molecular flexibility index (Phi) is 10.2. The number of para-hydroxylation sites is 1. The molecule has 0 aliphatic heterocycles. The zero-order valence-corrected chi connectivity index (χ0v) is 25.6. The van der Waals surface area contributed by atoms with Gasteiger partial charge in [0.15, 0.2) is 0 Å². The molecule has 4 rings (SSSR count).